The summed E-state index contributed by atoms with van der Waals surface area (Å²) in [6, 6.07) is 4.66. The van der Waals surface area contributed by atoms with Crippen LogP contribution in [-0.4, -0.2) is 48.1 Å². The largest absolute Gasteiger partial charge is 0.362 e. The van der Waals surface area contributed by atoms with Crippen LogP contribution in [0.2, 0.25) is 5.02 Å². The summed E-state index contributed by atoms with van der Waals surface area (Å²) in [6.45, 7) is 7.73. The highest BCUT2D eigenvalue weighted by Crippen LogP contribution is 2.31. The van der Waals surface area contributed by atoms with Crippen LogP contribution in [0.5, 0.6) is 0 Å². The van der Waals surface area contributed by atoms with Crippen molar-refractivity contribution in [3.63, 3.8) is 0 Å². The van der Waals surface area contributed by atoms with Crippen LogP contribution in [0, 0.1) is 17.5 Å². The third-order valence-electron chi connectivity index (χ3n) is 5.57. The molecule has 2 aromatic carbocycles. The highest BCUT2D eigenvalue weighted by molar-refractivity contribution is 8.07. The minimum Gasteiger partial charge on any atom is -0.362 e. The molecular formula is C25H26ClF3N2OS. The summed E-state index contributed by atoms with van der Waals surface area (Å²) in [6.07, 6.45) is 6.42. The molecule has 1 heterocycles. The lowest BCUT2D eigenvalue weighted by Gasteiger charge is -2.36. The molecule has 0 radical (unpaired) electrons. The molecule has 0 saturated carbocycles. The molecule has 8 heteroatoms. The second kappa shape index (κ2) is 11.2. The fourth-order valence-corrected chi connectivity index (χ4v) is 5.03. The molecule has 3 nitrogen and oxygen atoms in total. The summed E-state index contributed by atoms with van der Waals surface area (Å²) in [5, 5.41) is 1.84. The molecule has 0 aliphatic carbocycles. The van der Waals surface area contributed by atoms with Crippen LogP contribution in [0.1, 0.15) is 19.8 Å². The summed E-state index contributed by atoms with van der Waals surface area (Å²) >= 11 is 7.96. The number of hydrogen-bond acceptors (Lipinski definition) is 3. The first-order chi connectivity index (χ1) is 15.8. The molecule has 1 aliphatic heterocycles. The number of unbranched alkanes of at least 4 members (excludes halogenated alkanes) is 1. The molecule has 0 unspecified atom stereocenters. The van der Waals surface area contributed by atoms with E-state index in [0.717, 1.165) is 23.6 Å². The van der Waals surface area contributed by atoms with Crippen molar-refractivity contribution < 1.29 is 18.0 Å². The van der Waals surface area contributed by atoms with Gasteiger partial charge < -0.3 is 9.80 Å². The second-order valence-electron chi connectivity index (χ2n) is 7.65. The lowest BCUT2D eigenvalue weighted by atomic mass is 10.0. The van der Waals surface area contributed by atoms with E-state index < -0.39 is 17.5 Å². The number of benzene rings is 2. The van der Waals surface area contributed by atoms with Crippen molar-refractivity contribution in [2.24, 2.45) is 0 Å². The number of piperazine rings is 1. The first-order valence-corrected chi connectivity index (χ1v) is 12.3. The van der Waals surface area contributed by atoms with Gasteiger partial charge in [-0.3, -0.25) is 4.79 Å². The molecule has 1 fully saturated rings. The van der Waals surface area contributed by atoms with Crippen molar-refractivity contribution in [3.05, 3.63) is 69.8 Å². The predicted molar refractivity (Wildman–Crippen MR) is 131 cm³/mol. The van der Waals surface area contributed by atoms with Crippen LogP contribution >= 0.6 is 23.4 Å². The van der Waals surface area contributed by atoms with Crippen LogP contribution in [-0.2, 0) is 4.79 Å². The number of halogens is 4. The minimum absolute atomic E-state index is 0.0497. The topological polar surface area (TPSA) is 23.6 Å². The Morgan fingerprint density at radius 3 is 2.39 bits per heavy atom. The third-order valence-corrected chi connectivity index (χ3v) is 6.73. The Hall–Kier alpha value is -2.38. The van der Waals surface area contributed by atoms with Crippen molar-refractivity contribution in [1.29, 1.82) is 0 Å². The van der Waals surface area contributed by atoms with Gasteiger partial charge in [0.15, 0.2) is 0 Å². The fraction of sp³-hybridized carbons (Fsp3) is 0.320. The number of carbonyl (C=O) groups excluding carboxylic acids is 1. The lowest BCUT2D eigenvalue weighted by Crippen LogP contribution is -2.49. The van der Waals surface area contributed by atoms with Crippen molar-refractivity contribution in [2.45, 2.75) is 19.8 Å². The zero-order chi connectivity index (χ0) is 24.1. The Bertz CT molecular complexity index is 1180. The quantitative estimate of drug-likeness (QED) is 0.541. The fourth-order valence-electron chi connectivity index (χ4n) is 3.91. The smallest absolute Gasteiger partial charge is 0.246 e. The van der Waals surface area contributed by atoms with E-state index in [0.29, 0.717) is 43.0 Å². The Kier molecular flexibility index (Phi) is 8.54. The Morgan fingerprint density at radius 2 is 1.82 bits per heavy atom. The highest BCUT2D eigenvalue weighted by atomic mass is 35.5. The lowest BCUT2D eigenvalue weighted by molar-refractivity contribution is -0.127. The molecule has 33 heavy (non-hydrogen) atoms. The maximum Gasteiger partial charge on any atom is 0.246 e. The standard InChI is InChI=1S/C25H26ClF3N2OS/c1-4-6-7-17-19(25(33-3)31-12-10-30(11-13-31)22(32)5-2)15-20(26)23(24(17)29)18-9-8-16(27)14-21(18)28/h5,7-9,14-15H,2,4,6,10-13H2,1,3H3/b17-7-,25-19-. The normalized spacial score (nSPS) is 15.6. The summed E-state index contributed by atoms with van der Waals surface area (Å²) in [5.41, 5.74) is -0.166. The second-order valence-corrected chi connectivity index (χ2v) is 8.85. The highest BCUT2D eigenvalue weighted by Gasteiger charge is 2.23. The molecule has 0 bridgehead atoms. The maximum atomic E-state index is 15.9. The van der Waals surface area contributed by atoms with Gasteiger partial charge >= 0.3 is 0 Å². The molecule has 0 spiro atoms. The number of carbonyl (C=O) groups is 1. The van der Waals surface area contributed by atoms with Crippen LogP contribution < -0.4 is 10.4 Å². The van der Waals surface area contributed by atoms with Crippen molar-refractivity contribution >= 4 is 40.4 Å². The van der Waals surface area contributed by atoms with Gasteiger partial charge in [0, 0.05) is 53.8 Å². The van der Waals surface area contributed by atoms with Gasteiger partial charge in [-0.1, -0.05) is 37.6 Å². The van der Waals surface area contributed by atoms with E-state index in [1.165, 1.54) is 23.9 Å². The van der Waals surface area contributed by atoms with Crippen LogP contribution in [0.25, 0.3) is 22.2 Å². The summed E-state index contributed by atoms with van der Waals surface area (Å²) in [7, 11) is 0. The van der Waals surface area contributed by atoms with Gasteiger partial charge in [0.05, 0.1) is 10.1 Å². The van der Waals surface area contributed by atoms with E-state index in [4.69, 9.17) is 11.6 Å². The van der Waals surface area contributed by atoms with Crippen molar-refractivity contribution in [3.8, 4) is 11.1 Å². The van der Waals surface area contributed by atoms with Gasteiger partial charge in [-0.05, 0) is 37.0 Å². The molecule has 1 saturated heterocycles. The van der Waals surface area contributed by atoms with Crippen LogP contribution in [0.3, 0.4) is 0 Å². The molecule has 0 aromatic heterocycles. The average molecular weight is 495 g/mol. The Labute approximate surface area is 201 Å². The van der Waals surface area contributed by atoms with Gasteiger partial charge in [-0.2, -0.15) is 0 Å². The van der Waals surface area contributed by atoms with Gasteiger partial charge in [0.25, 0.3) is 0 Å². The number of nitrogens with zero attached hydrogens (tertiary/aromatic N) is 2. The first-order valence-electron chi connectivity index (χ1n) is 10.7. The first kappa shape index (κ1) is 25.2. The number of amides is 1. The van der Waals surface area contributed by atoms with E-state index >= 15 is 4.39 Å². The number of thioether (sulfide) groups is 1. The van der Waals surface area contributed by atoms with Gasteiger partial charge in [-0.25, -0.2) is 13.2 Å². The SMILES string of the molecule is C=CC(=O)N1CCN(/C(SC)=c2\cc(Cl)c(-c3ccc(F)cc3F)c(F)\c2=C/CCC)CC1. The third kappa shape index (κ3) is 5.41. The Balaban J connectivity index is 2.19. The van der Waals surface area contributed by atoms with E-state index in [1.54, 1.807) is 17.0 Å². The van der Waals surface area contributed by atoms with Gasteiger partial charge in [0.2, 0.25) is 5.91 Å². The molecule has 2 aromatic rings. The van der Waals surface area contributed by atoms with Gasteiger partial charge in [-0.15, -0.1) is 11.8 Å². The van der Waals surface area contributed by atoms with E-state index in [1.807, 2.05) is 13.2 Å². The molecular weight excluding hydrogens is 469 g/mol. The van der Waals surface area contributed by atoms with Crippen LogP contribution in [0.15, 0.2) is 36.9 Å². The zero-order valence-electron chi connectivity index (χ0n) is 18.6. The minimum atomic E-state index is -0.873. The molecule has 0 N–H and O–H groups in total. The molecule has 3 rings (SSSR count). The monoisotopic (exact) mass is 494 g/mol. The molecule has 0 atom stereocenters. The average Bonchev–Trinajstić information content (AvgIpc) is 2.80. The van der Waals surface area contributed by atoms with E-state index in [9.17, 15) is 13.6 Å². The van der Waals surface area contributed by atoms with Gasteiger partial charge in [0.1, 0.15) is 17.5 Å². The van der Waals surface area contributed by atoms with E-state index in [2.05, 4.69) is 11.5 Å². The summed E-state index contributed by atoms with van der Waals surface area (Å²) < 4.78 is 43.8. The molecule has 1 amide bonds. The van der Waals surface area contributed by atoms with Crippen molar-refractivity contribution in [1.82, 2.24) is 9.80 Å². The number of rotatable bonds is 6. The zero-order valence-corrected chi connectivity index (χ0v) is 20.2. The van der Waals surface area contributed by atoms with Crippen molar-refractivity contribution in [2.75, 3.05) is 32.4 Å². The van der Waals surface area contributed by atoms with Crippen LogP contribution in [0.4, 0.5) is 13.2 Å². The molecule has 1 aliphatic rings. The summed E-state index contributed by atoms with van der Waals surface area (Å²) in [4.78, 5) is 15.7. The predicted octanol–water partition coefficient (Wildman–Crippen LogP) is 4.76. The number of hydrogen-bond donors (Lipinski definition) is 0. The van der Waals surface area contributed by atoms with E-state index in [-0.39, 0.29) is 22.1 Å². The Morgan fingerprint density at radius 1 is 1.15 bits per heavy atom. The summed E-state index contributed by atoms with van der Waals surface area (Å²) in [5.74, 6) is -2.36. The molecule has 176 valence electrons. The maximum absolute atomic E-state index is 15.9.